The molecule has 1 aromatic carbocycles. The monoisotopic (exact) mass is 305 g/mol. The number of hydrogen-bond acceptors (Lipinski definition) is 3. The molecule has 0 unspecified atom stereocenters. The Labute approximate surface area is 127 Å². The predicted octanol–water partition coefficient (Wildman–Crippen LogP) is 2.64. The van der Waals surface area contributed by atoms with Crippen molar-refractivity contribution in [3.05, 3.63) is 45.7 Å². The van der Waals surface area contributed by atoms with E-state index in [-0.39, 0.29) is 0 Å². The van der Waals surface area contributed by atoms with Gasteiger partial charge in [0.1, 0.15) is 5.15 Å². The van der Waals surface area contributed by atoms with Crippen LogP contribution in [0.2, 0.25) is 5.15 Å². The topological polar surface area (TPSA) is 58.4 Å². The summed E-state index contributed by atoms with van der Waals surface area (Å²) in [5.41, 5.74) is 4.45. The number of halogens is 1. The highest BCUT2D eigenvalue weighted by molar-refractivity contribution is 6.30. The van der Waals surface area contributed by atoms with Crippen molar-refractivity contribution in [2.75, 3.05) is 11.4 Å². The fourth-order valence-corrected chi connectivity index (χ4v) is 3.05. The molecule has 21 heavy (non-hydrogen) atoms. The summed E-state index contributed by atoms with van der Waals surface area (Å²) in [6.45, 7) is 3.51. The summed E-state index contributed by atoms with van der Waals surface area (Å²) in [5.74, 6) is -0.887. The Balaban J connectivity index is 1.89. The number of aryl methyl sites for hydroxylation is 2. The molecule has 6 heteroatoms. The first-order chi connectivity index (χ1) is 9.97. The van der Waals surface area contributed by atoms with Gasteiger partial charge >= 0.3 is 5.97 Å². The molecule has 2 aromatic rings. The Kier molecular flexibility index (Phi) is 3.37. The van der Waals surface area contributed by atoms with Crippen LogP contribution < -0.4 is 4.90 Å². The number of carboxylic acid groups (broad SMARTS) is 1. The third-order valence-corrected chi connectivity index (χ3v) is 4.41. The first-order valence-corrected chi connectivity index (χ1v) is 7.14. The van der Waals surface area contributed by atoms with E-state index in [4.69, 9.17) is 16.7 Å². The number of aromatic carboxylic acids is 1. The van der Waals surface area contributed by atoms with E-state index in [1.54, 1.807) is 16.8 Å². The van der Waals surface area contributed by atoms with E-state index >= 15 is 0 Å². The van der Waals surface area contributed by atoms with Gasteiger partial charge in [-0.2, -0.15) is 5.10 Å². The van der Waals surface area contributed by atoms with Gasteiger partial charge in [0.25, 0.3) is 0 Å². The lowest BCUT2D eigenvalue weighted by Crippen LogP contribution is -2.20. The highest BCUT2D eigenvalue weighted by Gasteiger charge is 2.23. The van der Waals surface area contributed by atoms with Crippen molar-refractivity contribution in [1.29, 1.82) is 0 Å². The highest BCUT2D eigenvalue weighted by atomic mass is 35.5. The molecule has 0 atom stereocenters. The first-order valence-electron chi connectivity index (χ1n) is 6.76. The summed E-state index contributed by atoms with van der Waals surface area (Å²) in [4.78, 5) is 13.2. The van der Waals surface area contributed by atoms with Crippen molar-refractivity contribution in [2.24, 2.45) is 7.05 Å². The lowest BCUT2D eigenvalue weighted by Gasteiger charge is -2.19. The maximum absolute atomic E-state index is 11.0. The average Bonchev–Trinajstić information content (AvgIpc) is 2.95. The summed E-state index contributed by atoms with van der Waals surface area (Å²) < 4.78 is 1.68. The van der Waals surface area contributed by atoms with Crippen molar-refractivity contribution in [3.8, 4) is 0 Å². The van der Waals surface area contributed by atoms with E-state index < -0.39 is 5.97 Å². The molecule has 0 radical (unpaired) electrons. The predicted molar refractivity (Wildman–Crippen MR) is 81.1 cm³/mol. The quantitative estimate of drug-likeness (QED) is 0.947. The van der Waals surface area contributed by atoms with Crippen molar-refractivity contribution in [2.45, 2.75) is 19.9 Å². The maximum Gasteiger partial charge on any atom is 0.335 e. The van der Waals surface area contributed by atoms with Gasteiger partial charge in [-0.1, -0.05) is 11.6 Å². The molecule has 0 spiro atoms. The zero-order valence-electron chi connectivity index (χ0n) is 11.9. The lowest BCUT2D eigenvalue weighted by atomic mass is 10.1. The van der Waals surface area contributed by atoms with Gasteiger partial charge in [0.2, 0.25) is 0 Å². The minimum Gasteiger partial charge on any atom is -0.478 e. The number of hydrogen-bond donors (Lipinski definition) is 1. The third kappa shape index (κ3) is 2.38. The lowest BCUT2D eigenvalue weighted by molar-refractivity contribution is 0.0697. The number of carboxylic acids is 1. The average molecular weight is 306 g/mol. The second-order valence-corrected chi connectivity index (χ2v) is 5.66. The van der Waals surface area contributed by atoms with Crippen molar-refractivity contribution in [3.63, 3.8) is 0 Å². The van der Waals surface area contributed by atoms with Gasteiger partial charge in [0.15, 0.2) is 0 Å². The van der Waals surface area contributed by atoms with Crippen LogP contribution >= 0.6 is 11.6 Å². The number of nitrogens with zero attached hydrogens (tertiary/aromatic N) is 3. The summed E-state index contributed by atoms with van der Waals surface area (Å²) in [5, 5.41) is 14.0. The number of aromatic nitrogens is 2. The fraction of sp³-hybridized carbons (Fsp3) is 0.333. The van der Waals surface area contributed by atoms with E-state index in [9.17, 15) is 4.79 Å². The normalized spacial score (nSPS) is 13.6. The molecule has 0 aliphatic carbocycles. The van der Waals surface area contributed by atoms with Crippen LogP contribution in [0, 0.1) is 6.92 Å². The Morgan fingerprint density at radius 3 is 2.86 bits per heavy atom. The number of rotatable bonds is 3. The SMILES string of the molecule is Cc1nn(C)c(Cl)c1CN1CCc2cc(C(=O)O)ccc21. The third-order valence-electron chi connectivity index (χ3n) is 3.94. The number of anilines is 1. The molecule has 1 N–H and O–H groups in total. The van der Waals surface area contributed by atoms with Gasteiger partial charge in [-0.3, -0.25) is 4.68 Å². The van der Waals surface area contributed by atoms with E-state index in [2.05, 4.69) is 10.00 Å². The van der Waals surface area contributed by atoms with Crippen LogP contribution in [0.15, 0.2) is 18.2 Å². The molecule has 1 aromatic heterocycles. The van der Waals surface area contributed by atoms with E-state index in [1.165, 1.54) is 0 Å². The molecule has 0 saturated heterocycles. The van der Waals surface area contributed by atoms with Crippen LogP contribution in [0.25, 0.3) is 0 Å². The Morgan fingerprint density at radius 2 is 2.24 bits per heavy atom. The molecule has 110 valence electrons. The van der Waals surface area contributed by atoms with Gasteiger partial charge < -0.3 is 10.0 Å². The van der Waals surface area contributed by atoms with Crippen LogP contribution in [-0.2, 0) is 20.0 Å². The van der Waals surface area contributed by atoms with Gasteiger partial charge in [-0.25, -0.2) is 4.79 Å². The van der Waals surface area contributed by atoms with Crippen LogP contribution in [0.4, 0.5) is 5.69 Å². The van der Waals surface area contributed by atoms with Crippen molar-refractivity contribution in [1.82, 2.24) is 9.78 Å². The zero-order valence-corrected chi connectivity index (χ0v) is 12.7. The molecule has 5 nitrogen and oxygen atoms in total. The fourth-order valence-electron chi connectivity index (χ4n) is 2.81. The number of fused-ring (bicyclic) bond motifs is 1. The van der Waals surface area contributed by atoms with Crippen LogP contribution in [0.1, 0.15) is 27.2 Å². The van der Waals surface area contributed by atoms with E-state index in [1.807, 2.05) is 20.0 Å². The Hall–Kier alpha value is -2.01. The molecular formula is C15H16ClN3O2. The molecule has 0 saturated carbocycles. The second-order valence-electron chi connectivity index (χ2n) is 5.30. The zero-order chi connectivity index (χ0) is 15.1. The van der Waals surface area contributed by atoms with Gasteiger partial charge in [0.05, 0.1) is 11.3 Å². The van der Waals surface area contributed by atoms with Gasteiger partial charge in [0, 0.05) is 31.4 Å². The standard InChI is InChI=1S/C15H16ClN3O2/c1-9-12(14(16)18(2)17-9)8-19-6-5-10-7-11(15(20)21)3-4-13(10)19/h3-4,7H,5-6,8H2,1-2H3,(H,20,21). The summed E-state index contributed by atoms with van der Waals surface area (Å²) in [6.07, 6.45) is 0.855. The molecule has 2 heterocycles. The molecule has 1 aliphatic rings. The minimum absolute atomic E-state index is 0.339. The Bertz CT molecular complexity index is 724. The highest BCUT2D eigenvalue weighted by Crippen LogP contribution is 2.32. The summed E-state index contributed by atoms with van der Waals surface area (Å²) >= 11 is 6.28. The van der Waals surface area contributed by atoms with Gasteiger partial charge in [-0.05, 0) is 37.1 Å². The molecule has 3 rings (SSSR count). The molecule has 0 amide bonds. The maximum atomic E-state index is 11.0. The smallest absolute Gasteiger partial charge is 0.335 e. The van der Waals surface area contributed by atoms with Gasteiger partial charge in [-0.15, -0.1) is 0 Å². The number of benzene rings is 1. The molecule has 0 fully saturated rings. The van der Waals surface area contributed by atoms with E-state index in [0.717, 1.165) is 35.5 Å². The minimum atomic E-state index is -0.887. The molecule has 0 bridgehead atoms. The van der Waals surface area contributed by atoms with Crippen LogP contribution in [0.3, 0.4) is 0 Å². The number of carbonyl (C=O) groups is 1. The van der Waals surface area contributed by atoms with Crippen molar-refractivity contribution >= 4 is 23.3 Å². The molecule has 1 aliphatic heterocycles. The van der Waals surface area contributed by atoms with Crippen LogP contribution in [-0.4, -0.2) is 27.4 Å². The first kappa shape index (κ1) is 13.9. The largest absolute Gasteiger partial charge is 0.478 e. The second kappa shape index (κ2) is 5.07. The van der Waals surface area contributed by atoms with Crippen LogP contribution in [0.5, 0.6) is 0 Å². The summed E-state index contributed by atoms with van der Waals surface area (Å²) in [6, 6.07) is 5.29. The molecular weight excluding hydrogens is 290 g/mol. The van der Waals surface area contributed by atoms with Crippen molar-refractivity contribution < 1.29 is 9.90 Å². The summed E-state index contributed by atoms with van der Waals surface area (Å²) in [7, 11) is 1.83. The Morgan fingerprint density at radius 1 is 1.48 bits per heavy atom. The van der Waals surface area contributed by atoms with E-state index in [0.29, 0.717) is 17.3 Å².